The molecule has 28 heavy (non-hydrogen) atoms. The number of benzene rings is 1. The highest BCUT2D eigenvalue weighted by Crippen LogP contribution is 2.46. The van der Waals surface area contributed by atoms with Crippen LogP contribution in [0, 0.1) is 5.92 Å². The first-order valence-electron chi connectivity index (χ1n) is 10.4. The number of ether oxygens (including phenoxy) is 2. The largest absolute Gasteiger partial charge is 0.493 e. The van der Waals surface area contributed by atoms with Crippen molar-refractivity contribution in [3.63, 3.8) is 0 Å². The lowest BCUT2D eigenvalue weighted by Crippen LogP contribution is -2.42. The van der Waals surface area contributed by atoms with Crippen LogP contribution >= 0.6 is 0 Å². The quantitative estimate of drug-likeness (QED) is 0.681. The maximum atomic E-state index is 12.5. The molecular formula is C22H32N2O4. The summed E-state index contributed by atoms with van der Waals surface area (Å²) in [4.78, 5) is 24.6. The third-order valence-corrected chi connectivity index (χ3v) is 5.85. The zero-order valence-corrected chi connectivity index (χ0v) is 17.0. The number of rotatable bonds is 9. The lowest BCUT2D eigenvalue weighted by atomic mass is 9.90. The average molecular weight is 389 g/mol. The molecule has 0 radical (unpaired) electrons. The third kappa shape index (κ3) is 5.63. The Labute approximate surface area is 167 Å². The molecule has 154 valence electrons. The van der Waals surface area contributed by atoms with Gasteiger partial charge in [-0.15, -0.1) is 0 Å². The van der Waals surface area contributed by atoms with Crippen LogP contribution in [0.4, 0.5) is 0 Å². The first kappa shape index (κ1) is 20.5. The summed E-state index contributed by atoms with van der Waals surface area (Å²) in [5.41, 5.74) is 1.09. The van der Waals surface area contributed by atoms with Crippen molar-refractivity contribution >= 4 is 11.8 Å². The summed E-state index contributed by atoms with van der Waals surface area (Å²) in [5, 5.41) is 5.84. The Bertz CT molecular complexity index is 681. The minimum atomic E-state index is -0.0886. The smallest absolute Gasteiger partial charge is 0.239 e. The van der Waals surface area contributed by atoms with Gasteiger partial charge in [0, 0.05) is 12.5 Å². The van der Waals surface area contributed by atoms with Gasteiger partial charge in [0.1, 0.15) is 0 Å². The summed E-state index contributed by atoms with van der Waals surface area (Å²) in [5.74, 6) is 1.85. The minimum Gasteiger partial charge on any atom is -0.493 e. The third-order valence-electron chi connectivity index (χ3n) is 5.85. The lowest BCUT2D eigenvalue weighted by molar-refractivity contribution is -0.126. The summed E-state index contributed by atoms with van der Waals surface area (Å²) in [6.45, 7) is 0.0542. The molecule has 1 aromatic rings. The Morgan fingerprint density at radius 1 is 1.00 bits per heavy atom. The first-order chi connectivity index (χ1) is 13.6. The molecule has 0 aromatic heterocycles. The van der Waals surface area contributed by atoms with E-state index in [0.717, 1.165) is 31.2 Å². The van der Waals surface area contributed by atoms with E-state index in [1.807, 2.05) is 18.2 Å². The number of hydrogen-bond donors (Lipinski definition) is 2. The van der Waals surface area contributed by atoms with Crippen molar-refractivity contribution in [2.75, 3.05) is 20.8 Å². The van der Waals surface area contributed by atoms with E-state index in [4.69, 9.17) is 9.47 Å². The van der Waals surface area contributed by atoms with E-state index in [1.54, 1.807) is 14.2 Å². The Kier molecular flexibility index (Phi) is 7.18. The van der Waals surface area contributed by atoms with Crippen LogP contribution in [0.1, 0.15) is 62.8 Å². The van der Waals surface area contributed by atoms with Crippen LogP contribution in [0.15, 0.2) is 18.2 Å². The summed E-state index contributed by atoms with van der Waals surface area (Å²) in [6.07, 6.45) is 8.34. The highest BCUT2D eigenvalue weighted by molar-refractivity contribution is 5.85. The van der Waals surface area contributed by atoms with Gasteiger partial charge in [-0.2, -0.15) is 0 Å². The normalized spacial score (nSPS) is 18.2. The molecule has 2 N–H and O–H groups in total. The van der Waals surface area contributed by atoms with Gasteiger partial charge in [0.25, 0.3) is 0 Å². The van der Waals surface area contributed by atoms with Gasteiger partial charge in [-0.1, -0.05) is 25.3 Å². The van der Waals surface area contributed by atoms with Crippen LogP contribution < -0.4 is 20.1 Å². The fraction of sp³-hybridized carbons (Fsp3) is 0.636. The van der Waals surface area contributed by atoms with Crippen LogP contribution in [0.5, 0.6) is 11.5 Å². The fourth-order valence-corrected chi connectivity index (χ4v) is 4.12. The highest BCUT2D eigenvalue weighted by Gasteiger charge is 2.34. The molecule has 0 heterocycles. The summed E-state index contributed by atoms with van der Waals surface area (Å²) in [6, 6.07) is 6.13. The molecule has 0 aliphatic heterocycles. The average Bonchev–Trinajstić information content (AvgIpc) is 3.56. The van der Waals surface area contributed by atoms with Crippen molar-refractivity contribution in [1.82, 2.24) is 10.6 Å². The maximum Gasteiger partial charge on any atom is 0.239 e. The zero-order valence-electron chi connectivity index (χ0n) is 17.0. The van der Waals surface area contributed by atoms with Crippen molar-refractivity contribution in [3.8, 4) is 11.5 Å². The monoisotopic (exact) mass is 388 g/mol. The van der Waals surface area contributed by atoms with Crippen LogP contribution in [-0.4, -0.2) is 38.6 Å². The van der Waals surface area contributed by atoms with Crippen molar-refractivity contribution in [1.29, 1.82) is 0 Å². The van der Waals surface area contributed by atoms with Crippen LogP contribution in [0.3, 0.4) is 0 Å². The number of amides is 2. The van der Waals surface area contributed by atoms with Crippen molar-refractivity contribution in [2.24, 2.45) is 5.92 Å². The Morgan fingerprint density at radius 3 is 2.36 bits per heavy atom. The number of carbonyl (C=O) groups excluding carboxylic acids is 2. The predicted molar refractivity (Wildman–Crippen MR) is 108 cm³/mol. The Morgan fingerprint density at radius 2 is 1.71 bits per heavy atom. The van der Waals surface area contributed by atoms with E-state index in [1.165, 1.54) is 19.3 Å². The molecule has 2 aliphatic carbocycles. The van der Waals surface area contributed by atoms with E-state index in [2.05, 4.69) is 10.6 Å². The molecule has 1 atom stereocenters. The van der Waals surface area contributed by atoms with Crippen molar-refractivity contribution < 1.29 is 19.1 Å². The van der Waals surface area contributed by atoms with Gasteiger partial charge < -0.3 is 20.1 Å². The van der Waals surface area contributed by atoms with Crippen LogP contribution in [-0.2, 0) is 9.59 Å². The van der Waals surface area contributed by atoms with Crippen molar-refractivity contribution in [3.05, 3.63) is 23.8 Å². The lowest BCUT2D eigenvalue weighted by Gasteiger charge is -2.23. The van der Waals surface area contributed by atoms with Crippen LogP contribution in [0.2, 0.25) is 0 Å². The Balaban J connectivity index is 1.52. The van der Waals surface area contributed by atoms with Gasteiger partial charge in [-0.3, -0.25) is 9.59 Å². The Hall–Kier alpha value is -2.24. The molecule has 0 bridgehead atoms. The molecule has 6 nitrogen and oxygen atoms in total. The van der Waals surface area contributed by atoms with E-state index in [9.17, 15) is 9.59 Å². The minimum absolute atomic E-state index is 0.0542. The van der Waals surface area contributed by atoms with E-state index < -0.39 is 0 Å². The predicted octanol–water partition coefficient (Wildman–Crippen LogP) is 3.15. The highest BCUT2D eigenvalue weighted by atomic mass is 16.5. The number of methoxy groups -OCH3 is 2. The molecule has 0 spiro atoms. The molecule has 2 amide bonds. The van der Waals surface area contributed by atoms with Gasteiger partial charge in [0.05, 0.1) is 20.8 Å². The van der Waals surface area contributed by atoms with Crippen LogP contribution in [0.25, 0.3) is 0 Å². The summed E-state index contributed by atoms with van der Waals surface area (Å²) >= 11 is 0. The topological polar surface area (TPSA) is 76.7 Å². The molecule has 2 saturated carbocycles. The van der Waals surface area contributed by atoms with Gasteiger partial charge in [0.2, 0.25) is 11.8 Å². The molecule has 2 aliphatic rings. The number of nitrogens with one attached hydrogen (secondary N) is 2. The number of hydrogen-bond acceptors (Lipinski definition) is 4. The van der Waals surface area contributed by atoms with Gasteiger partial charge in [0.15, 0.2) is 11.5 Å². The summed E-state index contributed by atoms with van der Waals surface area (Å²) < 4.78 is 10.7. The van der Waals surface area contributed by atoms with Crippen molar-refractivity contribution in [2.45, 2.75) is 63.3 Å². The second-order valence-electron chi connectivity index (χ2n) is 7.94. The van der Waals surface area contributed by atoms with Gasteiger partial charge >= 0.3 is 0 Å². The van der Waals surface area contributed by atoms with Gasteiger partial charge in [-0.05, 0) is 55.2 Å². The second-order valence-corrected chi connectivity index (χ2v) is 7.94. The molecular weight excluding hydrogens is 356 g/mol. The SMILES string of the molecule is COc1ccc(C(CC(=O)NCC(=O)NC2CCCCC2)C2CC2)cc1OC. The number of carbonyl (C=O) groups is 2. The molecule has 2 fully saturated rings. The molecule has 1 unspecified atom stereocenters. The van der Waals surface area contributed by atoms with E-state index >= 15 is 0 Å². The zero-order chi connectivity index (χ0) is 19.9. The fourth-order valence-electron chi connectivity index (χ4n) is 4.12. The standard InChI is InChI=1S/C22H32N2O4/c1-27-19-11-10-16(12-20(19)28-2)18(15-8-9-15)13-21(25)23-14-22(26)24-17-6-4-3-5-7-17/h10-12,15,17-18H,3-9,13-14H2,1-2H3,(H,23,25)(H,24,26). The second kappa shape index (κ2) is 9.80. The maximum absolute atomic E-state index is 12.5. The van der Waals surface area contributed by atoms with E-state index in [-0.39, 0.29) is 30.3 Å². The molecule has 1 aromatic carbocycles. The molecule has 6 heteroatoms. The summed E-state index contributed by atoms with van der Waals surface area (Å²) in [7, 11) is 3.23. The molecule has 0 saturated heterocycles. The van der Waals surface area contributed by atoms with Gasteiger partial charge in [-0.25, -0.2) is 0 Å². The first-order valence-corrected chi connectivity index (χ1v) is 10.4. The molecule has 3 rings (SSSR count). The van der Waals surface area contributed by atoms with E-state index in [0.29, 0.717) is 23.8 Å².